The van der Waals surface area contributed by atoms with Crippen molar-refractivity contribution in [2.45, 2.75) is 39.0 Å². The van der Waals surface area contributed by atoms with Crippen LogP contribution in [0.15, 0.2) is 24.3 Å². The molecule has 1 aromatic carbocycles. The minimum Gasteiger partial charge on any atom is -0.326 e. The number of benzene rings is 1. The molecule has 1 aromatic heterocycles. The number of rotatable bonds is 6. The van der Waals surface area contributed by atoms with E-state index in [1.165, 1.54) is 11.3 Å². The van der Waals surface area contributed by atoms with E-state index in [9.17, 15) is 9.59 Å². The van der Waals surface area contributed by atoms with E-state index in [0.29, 0.717) is 24.4 Å². The van der Waals surface area contributed by atoms with Gasteiger partial charge in [0.15, 0.2) is 0 Å². The molecule has 0 saturated carbocycles. The van der Waals surface area contributed by atoms with E-state index in [2.05, 4.69) is 27.8 Å². The Kier molecular flexibility index (Phi) is 5.20. The maximum Gasteiger partial charge on any atom is 0.227 e. The lowest BCUT2D eigenvalue weighted by molar-refractivity contribution is -0.121. The first-order chi connectivity index (χ1) is 11.7. The van der Waals surface area contributed by atoms with Crippen LogP contribution in [0.1, 0.15) is 36.8 Å². The van der Waals surface area contributed by atoms with Gasteiger partial charge in [0.05, 0.1) is 0 Å². The molecule has 3 rings (SSSR count). The van der Waals surface area contributed by atoms with Crippen LogP contribution in [0.3, 0.4) is 0 Å². The maximum absolute atomic E-state index is 12.1. The fraction of sp³-hybridized carbons (Fsp3) is 0.412. The maximum atomic E-state index is 12.1. The van der Waals surface area contributed by atoms with Crippen LogP contribution in [0.5, 0.6) is 0 Å². The average Bonchev–Trinajstić information content (AvgIpc) is 3.00. The van der Waals surface area contributed by atoms with Gasteiger partial charge in [-0.2, -0.15) is 0 Å². The minimum absolute atomic E-state index is 0.0114. The standard InChI is InChI=1S/C17H20N4O2S/c1-2-5-15-20-21-17(24-15)19-14(22)9-8-12-10-11-6-3-4-7-13(11)18-16(12)23/h3-4,6-7,12H,2,5,8-10H2,1H3,(H,18,23)(H,19,21,22)/t12-/m1/s1. The van der Waals surface area contributed by atoms with Crippen molar-refractivity contribution in [1.29, 1.82) is 0 Å². The van der Waals surface area contributed by atoms with E-state index in [1.807, 2.05) is 24.3 Å². The first-order valence-corrected chi connectivity index (χ1v) is 8.98. The van der Waals surface area contributed by atoms with Crippen molar-refractivity contribution in [1.82, 2.24) is 10.2 Å². The van der Waals surface area contributed by atoms with Crippen molar-refractivity contribution in [3.05, 3.63) is 34.8 Å². The minimum atomic E-state index is -0.171. The Balaban J connectivity index is 1.51. The number of aromatic nitrogens is 2. The molecule has 0 radical (unpaired) electrons. The van der Waals surface area contributed by atoms with E-state index in [0.717, 1.165) is 29.1 Å². The van der Waals surface area contributed by atoms with Crippen molar-refractivity contribution in [3.63, 3.8) is 0 Å². The molecule has 7 heteroatoms. The summed E-state index contributed by atoms with van der Waals surface area (Å²) in [5.74, 6) is -0.306. The summed E-state index contributed by atoms with van der Waals surface area (Å²) < 4.78 is 0. The van der Waals surface area contributed by atoms with E-state index in [-0.39, 0.29) is 17.7 Å². The zero-order valence-corrected chi connectivity index (χ0v) is 14.4. The summed E-state index contributed by atoms with van der Waals surface area (Å²) in [4.78, 5) is 24.2. The average molecular weight is 344 g/mol. The summed E-state index contributed by atoms with van der Waals surface area (Å²) in [5, 5.41) is 15.1. The van der Waals surface area contributed by atoms with Gasteiger partial charge in [-0.25, -0.2) is 0 Å². The monoisotopic (exact) mass is 344 g/mol. The van der Waals surface area contributed by atoms with Crippen LogP contribution < -0.4 is 10.6 Å². The molecule has 0 aliphatic carbocycles. The molecular formula is C17H20N4O2S. The Morgan fingerprint density at radius 3 is 3.04 bits per heavy atom. The van der Waals surface area contributed by atoms with E-state index in [1.54, 1.807) is 0 Å². The Morgan fingerprint density at radius 1 is 1.38 bits per heavy atom. The third-order valence-electron chi connectivity index (χ3n) is 4.01. The molecule has 1 atom stereocenters. The van der Waals surface area contributed by atoms with Gasteiger partial charge in [-0.1, -0.05) is 36.5 Å². The zero-order chi connectivity index (χ0) is 16.9. The molecule has 1 aliphatic heterocycles. The van der Waals surface area contributed by atoms with Crippen molar-refractivity contribution in [2.24, 2.45) is 5.92 Å². The Hall–Kier alpha value is -2.28. The van der Waals surface area contributed by atoms with E-state index in [4.69, 9.17) is 0 Å². The molecular weight excluding hydrogens is 324 g/mol. The number of nitrogens with zero attached hydrogens (tertiary/aromatic N) is 2. The van der Waals surface area contributed by atoms with Gasteiger partial charge in [-0.05, 0) is 30.9 Å². The molecule has 0 unspecified atom stereocenters. The zero-order valence-electron chi connectivity index (χ0n) is 13.5. The molecule has 2 N–H and O–H groups in total. The van der Waals surface area contributed by atoms with Crippen LogP contribution in [0.2, 0.25) is 0 Å². The summed E-state index contributed by atoms with van der Waals surface area (Å²) in [6.07, 6.45) is 3.36. The number of nitrogens with one attached hydrogen (secondary N) is 2. The largest absolute Gasteiger partial charge is 0.326 e. The number of anilines is 2. The lowest BCUT2D eigenvalue weighted by Crippen LogP contribution is -2.30. The van der Waals surface area contributed by atoms with Gasteiger partial charge >= 0.3 is 0 Å². The highest BCUT2D eigenvalue weighted by Crippen LogP contribution is 2.27. The summed E-state index contributed by atoms with van der Waals surface area (Å²) in [5.41, 5.74) is 2.00. The molecule has 2 aromatic rings. The van der Waals surface area contributed by atoms with Crippen LogP contribution >= 0.6 is 11.3 Å². The quantitative estimate of drug-likeness (QED) is 0.844. The Bertz CT molecular complexity index is 744. The van der Waals surface area contributed by atoms with Gasteiger partial charge in [0, 0.05) is 24.4 Å². The van der Waals surface area contributed by atoms with Crippen molar-refractivity contribution >= 4 is 34.0 Å². The molecule has 0 fully saturated rings. The number of aryl methyl sites for hydroxylation is 1. The molecule has 2 heterocycles. The van der Waals surface area contributed by atoms with Gasteiger partial charge in [-0.15, -0.1) is 10.2 Å². The van der Waals surface area contributed by atoms with Crippen LogP contribution in [0.4, 0.5) is 10.8 Å². The van der Waals surface area contributed by atoms with Crippen molar-refractivity contribution in [3.8, 4) is 0 Å². The van der Waals surface area contributed by atoms with Crippen molar-refractivity contribution < 1.29 is 9.59 Å². The SMILES string of the molecule is CCCc1nnc(NC(=O)CC[C@@H]2Cc3ccccc3NC2=O)s1. The number of hydrogen-bond acceptors (Lipinski definition) is 5. The van der Waals surface area contributed by atoms with E-state index >= 15 is 0 Å². The Morgan fingerprint density at radius 2 is 2.21 bits per heavy atom. The second-order valence-corrected chi connectivity index (χ2v) is 6.95. The van der Waals surface area contributed by atoms with Crippen LogP contribution in [0.25, 0.3) is 0 Å². The summed E-state index contributed by atoms with van der Waals surface area (Å²) in [6.45, 7) is 2.08. The molecule has 6 nitrogen and oxygen atoms in total. The highest BCUT2D eigenvalue weighted by atomic mass is 32.1. The number of amides is 2. The van der Waals surface area contributed by atoms with Gasteiger partial charge in [0.25, 0.3) is 0 Å². The lowest BCUT2D eigenvalue weighted by atomic mass is 9.89. The molecule has 0 saturated heterocycles. The van der Waals surface area contributed by atoms with Crippen molar-refractivity contribution in [2.75, 3.05) is 10.6 Å². The molecule has 0 bridgehead atoms. The summed E-state index contributed by atoms with van der Waals surface area (Å²) in [6, 6.07) is 7.78. The van der Waals surface area contributed by atoms with Crippen LogP contribution in [-0.2, 0) is 22.4 Å². The molecule has 126 valence electrons. The fourth-order valence-corrected chi connectivity index (χ4v) is 3.61. The first-order valence-electron chi connectivity index (χ1n) is 8.16. The smallest absolute Gasteiger partial charge is 0.227 e. The van der Waals surface area contributed by atoms with Crippen LogP contribution in [-0.4, -0.2) is 22.0 Å². The van der Waals surface area contributed by atoms with Gasteiger partial charge < -0.3 is 10.6 Å². The molecule has 2 amide bonds. The third-order valence-corrected chi connectivity index (χ3v) is 4.91. The van der Waals surface area contributed by atoms with Gasteiger partial charge in [0.1, 0.15) is 5.01 Å². The van der Waals surface area contributed by atoms with Gasteiger partial charge in [-0.3, -0.25) is 9.59 Å². The predicted molar refractivity (Wildman–Crippen MR) is 94.0 cm³/mol. The van der Waals surface area contributed by atoms with Gasteiger partial charge in [0.2, 0.25) is 16.9 Å². The first kappa shape index (κ1) is 16.6. The summed E-state index contributed by atoms with van der Waals surface area (Å²) >= 11 is 1.41. The topological polar surface area (TPSA) is 84.0 Å². The second-order valence-electron chi connectivity index (χ2n) is 5.89. The Labute approximate surface area is 144 Å². The second kappa shape index (κ2) is 7.53. The lowest BCUT2D eigenvalue weighted by Gasteiger charge is -2.24. The normalized spacial score (nSPS) is 16.4. The number of para-hydroxylation sites is 1. The number of carbonyl (C=O) groups excluding carboxylic acids is 2. The molecule has 1 aliphatic rings. The summed E-state index contributed by atoms with van der Waals surface area (Å²) in [7, 11) is 0. The number of carbonyl (C=O) groups is 2. The van der Waals surface area contributed by atoms with Crippen LogP contribution in [0, 0.1) is 5.92 Å². The number of hydrogen-bond donors (Lipinski definition) is 2. The fourth-order valence-electron chi connectivity index (χ4n) is 2.75. The van der Waals surface area contributed by atoms with E-state index < -0.39 is 0 Å². The number of fused-ring (bicyclic) bond motifs is 1. The molecule has 24 heavy (non-hydrogen) atoms. The highest BCUT2D eigenvalue weighted by molar-refractivity contribution is 7.15. The predicted octanol–water partition coefficient (Wildman–Crippen LogP) is 3.02. The molecule has 0 spiro atoms. The third kappa shape index (κ3) is 3.97. The highest BCUT2D eigenvalue weighted by Gasteiger charge is 2.26.